The first-order valence-electron chi connectivity index (χ1n) is 8.09. The smallest absolute Gasteiger partial charge is 0.317 e. The maximum atomic E-state index is 12.1. The van der Waals surface area contributed by atoms with E-state index in [0.29, 0.717) is 18.7 Å². The van der Waals surface area contributed by atoms with Gasteiger partial charge in [-0.2, -0.15) is 5.26 Å². The van der Waals surface area contributed by atoms with E-state index in [1.54, 1.807) is 4.90 Å². The number of urea groups is 1. The Morgan fingerprint density at radius 1 is 1.39 bits per heavy atom. The van der Waals surface area contributed by atoms with Crippen molar-refractivity contribution in [1.29, 1.82) is 5.26 Å². The number of hydrogen-bond acceptors (Lipinski definition) is 4. The topological polar surface area (TPSA) is 79.6 Å². The lowest BCUT2D eigenvalue weighted by molar-refractivity contribution is 0.175. The molecule has 1 saturated heterocycles. The molecule has 1 heterocycles. The van der Waals surface area contributed by atoms with Crippen LogP contribution in [0, 0.1) is 11.3 Å². The second-order valence-electron chi connectivity index (χ2n) is 5.67. The van der Waals surface area contributed by atoms with Crippen molar-refractivity contribution in [1.82, 2.24) is 10.2 Å². The Labute approximate surface area is 137 Å². The summed E-state index contributed by atoms with van der Waals surface area (Å²) in [6, 6.07) is 9.80. The molecule has 23 heavy (non-hydrogen) atoms. The number of rotatable bonds is 5. The van der Waals surface area contributed by atoms with Crippen molar-refractivity contribution >= 4 is 11.7 Å². The van der Waals surface area contributed by atoms with Crippen LogP contribution in [-0.4, -0.2) is 54.9 Å². The molecule has 2 rings (SSSR count). The molecule has 0 saturated carbocycles. The Morgan fingerprint density at radius 3 is 2.57 bits per heavy atom. The number of nitrogens with zero attached hydrogens (tertiary/aromatic N) is 3. The lowest BCUT2D eigenvalue weighted by Crippen LogP contribution is -2.49. The van der Waals surface area contributed by atoms with Gasteiger partial charge >= 0.3 is 6.03 Å². The highest BCUT2D eigenvalue weighted by atomic mass is 16.3. The van der Waals surface area contributed by atoms with Crippen LogP contribution in [0.2, 0.25) is 0 Å². The van der Waals surface area contributed by atoms with Gasteiger partial charge in [0.25, 0.3) is 0 Å². The predicted octanol–water partition coefficient (Wildman–Crippen LogP) is 1.55. The van der Waals surface area contributed by atoms with Gasteiger partial charge in [-0.1, -0.05) is 0 Å². The number of carbonyl (C=O) groups is 1. The fourth-order valence-corrected chi connectivity index (χ4v) is 2.82. The maximum Gasteiger partial charge on any atom is 0.317 e. The number of aliphatic hydroxyl groups excluding tert-OH is 1. The third-order valence-corrected chi connectivity index (χ3v) is 4.22. The van der Waals surface area contributed by atoms with E-state index in [2.05, 4.69) is 16.3 Å². The number of anilines is 1. The molecule has 0 unspecified atom stereocenters. The van der Waals surface area contributed by atoms with Gasteiger partial charge < -0.3 is 20.2 Å². The normalized spacial score (nSPS) is 15.1. The van der Waals surface area contributed by atoms with E-state index in [1.807, 2.05) is 31.2 Å². The Bertz CT molecular complexity index is 545. The fourth-order valence-electron chi connectivity index (χ4n) is 2.82. The van der Waals surface area contributed by atoms with Gasteiger partial charge in [0, 0.05) is 37.9 Å². The SMILES string of the molecule is CCN(CCO)C(=O)NC1CCN(c2ccc(C#N)cc2)CC1. The highest BCUT2D eigenvalue weighted by Crippen LogP contribution is 2.20. The average Bonchev–Trinajstić information content (AvgIpc) is 2.60. The van der Waals surface area contributed by atoms with Crippen molar-refractivity contribution < 1.29 is 9.90 Å². The second kappa shape index (κ2) is 8.39. The van der Waals surface area contributed by atoms with Gasteiger partial charge in [-0.3, -0.25) is 0 Å². The van der Waals surface area contributed by atoms with Gasteiger partial charge in [0.1, 0.15) is 0 Å². The van der Waals surface area contributed by atoms with Crippen molar-refractivity contribution in [3.05, 3.63) is 29.8 Å². The molecule has 124 valence electrons. The van der Waals surface area contributed by atoms with Gasteiger partial charge in [-0.15, -0.1) is 0 Å². The average molecular weight is 316 g/mol. The number of piperidine rings is 1. The Morgan fingerprint density at radius 2 is 2.04 bits per heavy atom. The van der Waals surface area contributed by atoms with Crippen LogP contribution in [0.4, 0.5) is 10.5 Å². The molecule has 1 aromatic carbocycles. The Hall–Kier alpha value is -2.26. The van der Waals surface area contributed by atoms with E-state index >= 15 is 0 Å². The Balaban J connectivity index is 1.83. The minimum atomic E-state index is -0.0987. The number of likely N-dealkylation sites (N-methyl/N-ethyl adjacent to an activating group) is 1. The van der Waals surface area contributed by atoms with Gasteiger partial charge in [0.05, 0.1) is 18.2 Å². The van der Waals surface area contributed by atoms with E-state index in [0.717, 1.165) is 31.6 Å². The van der Waals surface area contributed by atoms with Gasteiger partial charge in [0.2, 0.25) is 0 Å². The van der Waals surface area contributed by atoms with Crippen LogP contribution in [0.25, 0.3) is 0 Å². The minimum absolute atomic E-state index is 0.0155. The zero-order chi connectivity index (χ0) is 16.7. The number of nitrogens with one attached hydrogen (secondary N) is 1. The highest BCUT2D eigenvalue weighted by molar-refractivity contribution is 5.74. The van der Waals surface area contributed by atoms with Crippen molar-refractivity contribution in [2.24, 2.45) is 0 Å². The maximum absolute atomic E-state index is 12.1. The monoisotopic (exact) mass is 316 g/mol. The van der Waals surface area contributed by atoms with Crippen LogP contribution in [0.1, 0.15) is 25.3 Å². The third kappa shape index (κ3) is 4.60. The molecule has 0 spiro atoms. The van der Waals surface area contributed by atoms with E-state index in [1.165, 1.54) is 0 Å². The molecule has 6 heteroatoms. The zero-order valence-corrected chi connectivity index (χ0v) is 13.5. The fraction of sp³-hybridized carbons (Fsp3) is 0.529. The molecule has 1 fully saturated rings. The quantitative estimate of drug-likeness (QED) is 0.864. The molecule has 0 aliphatic carbocycles. The lowest BCUT2D eigenvalue weighted by atomic mass is 10.0. The molecule has 0 aromatic heterocycles. The summed E-state index contributed by atoms with van der Waals surface area (Å²) in [4.78, 5) is 16.0. The summed E-state index contributed by atoms with van der Waals surface area (Å²) in [5.41, 5.74) is 1.78. The molecule has 1 aromatic rings. The highest BCUT2D eigenvalue weighted by Gasteiger charge is 2.22. The number of benzene rings is 1. The largest absolute Gasteiger partial charge is 0.395 e. The summed E-state index contributed by atoms with van der Waals surface area (Å²) in [6.07, 6.45) is 1.78. The summed E-state index contributed by atoms with van der Waals surface area (Å²) < 4.78 is 0. The van der Waals surface area contributed by atoms with Crippen LogP contribution in [0.3, 0.4) is 0 Å². The standard InChI is InChI=1S/C17H24N4O2/c1-2-20(11-12-22)17(23)19-15-7-9-21(10-8-15)16-5-3-14(13-18)4-6-16/h3-6,15,22H,2,7-12H2,1H3,(H,19,23). The van der Waals surface area contributed by atoms with Crippen LogP contribution in [-0.2, 0) is 0 Å². The van der Waals surface area contributed by atoms with Crippen molar-refractivity contribution in [3.8, 4) is 6.07 Å². The van der Waals surface area contributed by atoms with Gasteiger partial charge in [-0.05, 0) is 44.0 Å². The molecule has 2 amide bonds. The molecule has 6 nitrogen and oxygen atoms in total. The zero-order valence-electron chi connectivity index (χ0n) is 13.5. The first-order valence-corrected chi connectivity index (χ1v) is 8.09. The number of amides is 2. The van der Waals surface area contributed by atoms with Crippen molar-refractivity contribution in [3.63, 3.8) is 0 Å². The molecular weight excluding hydrogens is 292 g/mol. The summed E-state index contributed by atoms with van der Waals surface area (Å²) in [7, 11) is 0. The van der Waals surface area contributed by atoms with Crippen molar-refractivity contribution in [2.45, 2.75) is 25.8 Å². The first kappa shape index (κ1) is 17.1. The molecule has 1 aliphatic heterocycles. The summed E-state index contributed by atoms with van der Waals surface area (Å²) in [6.45, 7) is 4.61. The van der Waals surface area contributed by atoms with E-state index in [-0.39, 0.29) is 18.7 Å². The number of carbonyl (C=O) groups excluding carboxylic acids is 1. The predicted molar refractivity (Wildman–Crippen MR) is 89.3 cm³/mol. The third-order valence-electron chi connectivity index (χ3n) is 4.22. The number of nitriles is 1. The summed E-state index contributed by atoms with van der Waals surface area (Å²) in [5, 5.41) is 20.9. The number of hydrogen-bond donors (Lipinski definition) is 2. The molecule has 1 aliphatic rings. The van der Waals surface area contributed by atoms with Crippen LogP contribution < -0.4 is 10.2 Å². The van der Waals surface area contributed by atoms with Crippen molar-refractivity contribution in [2.75, 3.05) is 37.7 Å². The lowest BCUT2D eigenvalue weighted by Gasteiger charge is -2.35. The second-order valence-corrected chi connectivity index (χ2v) is 5.67. The minimum Gasteiger partial charge on any atom is -0.395 e. The molecule has 2 N–H and O–H groups in total. The van der Waals surface area contributed by atoms with Gasteiger partial charge in [-0.25, -0.2) is 4.79 Å². The molecule has 0 atom stereocenters. The Kier molecular flexibility index (Phi) is 6.24. The van der Waals surface area contributed by atoms with E-state index in [4.69, 9.17) is 10.4 Å². The first-order chi connectivity index (χ1) is 11.2. The molecule has 0 radical (unpaired) electrons. The van der Waals surface area contributed by atoms with Crippen LogP contribution >= 0.6 is 0 Å². The van der Waals surface area contributed by atoms with Crippen LogP contribution in [0.5, 0.6) is 0 Å². The van der Waals surface area contributed by atoms with E-state index in [9.17, 15) is 4.79 Å². The summed E-state index contributed by atoms with van der Waals surface area (Å²) in [5.74, 6) is 0. The van der Waals surface area contributed by atoms with Gasteiger partial charge in [0.15, 0.2) is 0 Å². The molecule has 0 bridgehead atoms. The number of aliphatic hydroxyl groups is 1. The van der Waals surface area contributed by atoms with Crippen LogP contribution in [0.15, 0.2) is 24.3 Å². The van der Waals surface area contributed by atoms with E-state index < -0.39 is 0 Å². The molecular formula is C17H24N4O2. The summed E-state index contributed by atoms with van der Waals surface area (Å²) >= 11 is 0.